The lowest BCUT2D eigenvalue weighted by Gasteiger charge is -2.25. The molecule has 31 heavy (non-hydrogen) atoms. The summed E-state index contributed by atoms with van der Waals surface area (Å²) in [6, 6.07) is 7.00. The number of sulfonamides is 1. The fourth-order valence-electron chi connectivity index (χ4n) is 3.07. The Morgan fingerprint density at radius 3 is 2.29 bits per heavy atom. The van der Waals surface area contributed by atoms with Gasteiger partial charge < -0.3 is 14.5 Å². The van der Waals surface area contributed by atoms with E-state index in [1.54, 1.807) is 51.1 Å². The molecule has 1 fully saturated rings. The number of rotatable bonds is 8. The molecule has 1 saturated heterocycles. The summed E-state index contributed by atoms with van der Waals surface area (Å²) in [5.74, 6) is -0.577. The van der Waals surface area contributed by atoms with Gasteiger partial charge >= 0.3 is 5.97 Å². The topological polar surface area (TPSA) is 87.2 Å². The van der Waals surface area contributed by atoms with Gasteiger partial charge in [0.05, 0.1) is 11.4 Å². The molecule has 1 amide bonds. The molecule has 2 rings (SSSR count). The minimum Gasteiger partial charge on any atom is -0.459 e. The first-order valence-electron chi connectivity index (χ1n) is 10.3. The summed E-state index contributed by atoms with van der Waals surface area (Å²) in [4.78, 5) is 28.3. The number of hydrogen-bond donors (Lipinski definition) is 0. The van der Waals surface area contributed by atoms with Crippen LogP contribution in [0.4, 0.5) is 5.69 Å². The normalized spacial score (nSPS) is 16.1. The number of carbonyl (C=O) groups excluding carboxylic acids is 2. The highest BCUT2D eigenvalue weighted by Gasteiger charge is 2.28. The van der Waals surface area contributed by atoms with Crippen molar-refractivity contribution < 1.29 is 22.7 Å². The van der Waals surface area contributed by atoms with E-state index in [0.717, 1.165) is 5.56 Å². The van der Waals surface area contributed by atoms with E-state index in [4.69, 9.17) is 4.74 Å². The summed E-state index contributed by atoms with van der Waals surface area (Å²) in [5, 5.41) is 0. The molecule has 0 saturated carbocycles. The van der Waals surface area contributed by atoms with Gasteiger partial charge in [0.2, 0.25) is 15.9 Å². The number of amides is 1. The van der Waals surface area contributed by atoms with Gasteiger partial charge in [-0.15, -0.1) is 0 Å². The smallest absolute Gasteiger partial charge is 0.326 e. The average molecular weight is 452 g/mol. The van der Waals surface area contributed by atoms with E-state index in [1.165, 1.54) is 15.3 Å². The van der Waals surface area contributed by atoms with Crippen molar-refractivity contribution in [2.75, 3.05) is 50.3 Å². The number of likely N-dealkylation sites (N-methyl/N-ethyl adjacent to an activating group) is 1. The second-order valence-electron chi connectivity index (χ2n) is 8.82. The van der Waals surface area contributed by atoms with Crippen LogP contribution in [0.25, 0.3) is 6.08 Å². The van der Waals surface area contributed by atoms with E-state index in [-0.39, 0.29) is 18.2 Å². The lowest BCUT2D eigenvalue weighted by atomic mass is 10.2. The van der Waals surface area contributed by atoms with Gasteiger partial charge in [0.1, 0.15) is 12.1 Å². The Morgan fingerprint density at radius 2 is 1.77 bits per heavy atom. The third-order valence-corrected chi connectivity index (χ3v) is 6.44. The van der Waals surface area contributed by atoms with Crippen LogP contribution in [0.3, 0.4) is 0 Å². The van der Waals surface area contributed by atoms with Gasteiger partial charge in [-0.3, -0.25) is 13.9 Å². The van der Waals surface area contributed by atoms with Crippen molar-refractivity contribution in [2.24, 2.45) is 0 Å². The number of anilines is 1. The van der Waals surface area contributed by atoms with E-state index in [1.807, 2.05) is 19.0 Å². The van der Waals surface area contributed by atoms with Crippen LogP contribution >= 0.6 is 0 Å². The van der Waals surface area contributed by atoms with Crippen LogP contribution in [0.15, 0.2) is 30.3 Å². The zero-order valence-corrected chi connectivity index (χ0v) is 19.8. The predicted molar refractivity (Wildman–Crippen MR) is 122 cm³/mol. The summed E-state index contributed by atoms with van der Waals surface area (Å²) in [5.41, 5.74) is 0.769. The van der Waals surface area contributed by atoms with Gasteiger partial charge in [-0.05, 0) is 65.1 Å². The number of carbonyl (C=O) groups is 2. The van der Waals surface area contributed by atoms with Crippen LogP contribution in [0, 0.1) is 0 Å². The molecule has 0 unspecified atom stereocenters. The van der Waals surface area contributed by atoms with Gasteiger partial charge in [0, 0.05) is 25.7 Å². The van der Waals surface area contributed by atoms with E-state index in [2.05, 4.69) is 0 Å². The average Bonchev–Trinajstić information content (AvgIpc) is 3.01. The Labute approximate surface area is 185 Å². The molecule has 0 spiro atoms. The highest BCUT2D eigenvalue weighted by Crippen LogP contribution is 2.24. The van der Waals surface area contributed by atoms with E-state index in [9.17, 15) is 18.0 Å². The number of ether oxygens (including phenoxy) is 1. The van der Waals surface area contributed by atoms with Crippen molar-refractivity contribution in [1.29, 1.82) is 0 Å². The Kier molecular flexibility index (Phi) is 8.25. The molecule has 0 aliphatic carbocycles. The highest BCUT2D eigenvalue weighted by molar-refractivity contribution is 7.93. The fraction of sp³-hybridized carbons (Fsp3) is 0.545. The summed E-state index contributed by atoms with van der Waals surface area (Å²) >= 11 is 0. The van der Waals surface area contributed by atoms with E-state index < -0.39 is 21.6 Å². The number of esters is 1. The molecular weight excluding hydrogens is 418 g/mol. The molecule has 0 aromatic heterocycles. The molecule has 1 aromatic rings. The lowest BCUT2D eigenvalue weighted by molar-refractivity contribution is -0.158. The maximum Gasteiger partial charge on any atom is 0.326 e. The standard InChI is InChI=1S/C22H33N3O5S/c1-22(2,3)30-21(27)17-24(15-14-23(4)5)20(26)12-9-18-7-10-19(11-8-18)25-13-6-16-31(25,28)29/h7-12H,6,13-17H2,1-5H3/b12-9+. The lowest BCUT2D eigenvalue weighted by Crippen LogP contribution is -2.41. The van der Waals surface area contributed by atoms with Gasteiger partial charge in [-0.25, -0.2) is 8.42 Å². The second kappa shape index (κ2) is 10.3. The summed E-state index contributed by atoms with van der Waals surface area (Å²) in [7, 11) is 0.573. The molecule has 0 atom stereocenters. The molecule has 1 aromatic carbocycles. The van der Waals surface area contributed by atoms with Gasteiger partial charge in [-0.1, -0.05) is 12.1 Å². The zero-order valence-electron chi connectivity index (χ0n) is 19.0. The Balaban J connectivity index is 2.06. The van der Waals surface area contributed by atoms with Crippen LogP contribution in [0.2, 0.25) is 0 Å². The zero-order chi connectivity index (χ0) is 23.2. The molecule has 9 heteroatoms. The molecule has 0 bridgehead atoms. The SMILES string of the molecule is CN(C)CCN(CC(=O)OC(C)(C)C)C(=O)/C=C/c1ccc(N2CCCS2(=O)=O)cc1. The molecule has 172 valence electrons. The number of nitrogens with zero attached hydrogens (tertiary/aromatic N) is 3. The van der Waals surface area contributed by atoms with Crippen LogP contribution in [-0.4, -0.2) is 81.7 Å². The summed E-state index contributed by atoms with van der Waals surface area (Å²) in [6.45, 7) is 6.72. The second-order valence-corrected chi connectivity index (χ2v) is 10.8. The van der Waals surface area contributed by atoms with Crippen LogP contribution in [0.1, 0.15) is 32.8 Å². The highest BCUT2D eigenvalue weighted by atomic mass is 32.2. The van der Waals surface area contributed by atoms with E-state index >= 15 is 0 Å². The maximum absolute atomic E-state index is 12.7. The van der Waals surface area contributed by atoms with Crippen molar-refractivity contribution in [3.63, 3.8) is 0 Å². The molecule has 0 N–H and O–H groups in total. The largest absolute Gasteiger partial charge is 0.459 e. The fourth-order valence-corrected chi connectivity index (χ4v) is 4.64. The monoisotopic (exact) mass is 451 g/mol. The molecule has 1 aliphatic heterocycles. The minimum atomic E-state index is -3.22. The van der Waals surface area contributed by atoms with Crippen LogP contribution < -0.4 is 4.31 Å². The van der Waals surface area contributed by atoms with Crippen molar-refractivity contribution in [3.8, 4) is 0 Å². The first kappa shape index (κ1) is 24.9. The molecular formula is C22H33N3O5S. The molecule has 1 aliphatic rings. The molecule has 1 heterocycles. The minimum absolute atomic E-state index is 0.125. The third-order valence-electron chi connectivity index (χ3n) is 4.57. The first-order chi connectivity index (χ1) is 14.4. The van der Waals surface area contributed by atoms with Crippen LogP contribution in [-0.2, 0) is 24.3 Å². The molecule has 8 nitrogen and oxygen atoms in total. The van der Waals surface area contributed by atoms with Crippen LogP contribution in [0.5, 0.6) is 0 Å². The quantitative estimate of drug-likeness (QED) is 0.444. The summed E-state index contributed by atoms with van der Waals surface area (Å²) in [6.07, 6.45) is 3.70. The Bertz CT molecular complexity index is 902. The number of hydrogen-bond acceptors (Lipinski definition) is 6. The predicted octanol–water partition coefficient (Wildman–Crippen LogP) is 1.97. The van der Waals surface area contributed by atoms with Crippen molar-refractivity contribution in [2.45, 2.75) is 32.8 Å². The first-order valence-corrected chi connectivity index (χ1v) is 11.9. The van der Waals surface area contributed by atoms with Crippen molar-refractivity contribution in [1.82, 2.24) is 9.80 Å². The van der Waals surface area contributed by atoms with Gasteiger partial charge in [0.15, 0.2) is 0 Å². The maximum atomic E-state index is 12.7. The van der Waals surface area contributed by atoms with Crippen molar-refractivity contribution in [3.05, 3.63) is 35.9 Å². The van der Waals surface area contributed by atoms with E-state index in [0.29, 0.717) is 31.7 Å². The van der Waals surface area contributed by atoms with Crippen molar-refractivity contribution >= 4 is 33.7 Å². The van der Waals surface area contributed by atoms with Gasteiger partial charge in [-0.2, -0.15) is 0 Å². The third kappa shape index (κ3) is 7.99. The summed E-state index contributed by atoms with van der Waals surface area (Å²) < 4.78 is 30.8. The molecule has 0 radical (unpaired) electrons. The Hall–Kier alpha value is -2.39. The Morgan fingerprint density at radius 1 is 1.13 bits per heavy atom. The van der Waals surface area contributed by atoms with Gasteiger partial charge in [0.25, 0.3) is 0 Å². The number of benzene rings is 1.